The summed E-state index contributed by atoms with van der Waals surface area (Å²) in [5, 5.41) is 8.91. The molecule has 2 rings (SSSR count). The summed E-state index contributed by atoms with van der Waals surface area (Å²) in [4.78, 5) is 11.9. The molecular formula is C17H9F6NO2. The fourth-order valence-electron chi connectivity index (χ4n) is 2.05. The van der Waals surface area contributed by atoms with Gasteiger partial charge in [-0.25, -0.2) is 4.79 Å². The highest BCUT2D eigenvalue weighted by atomic mass is 19.4. The van der Waals surface area contributed by atoms with Gasteiger partial charge < -0.3 is 4.74 Å². The molecule has 26 heavy (non-hydrogen) atoms. The van der Waals surface area contributed by atoms with E-state index in [1.165, 1.54) is 18.2 Å². The fraction of sp³-hybridized carbons (Fsp3) is 0.176. The second-order valence-corrected chi connectivity index (χ2v) is 5.14. The standard InChI is InChI=1S/C17H9F6NO2/c18-16(19,20)13-5-12(6-14(7-13)17(21,22)23)15(25)26-9-11-4-2-1-3-10(11)8-24/h1-7H,9H2. The molecule has 0 atom stereocenters. The van der Waals surface area contributed by atoms with Crippen molar-refractivity contribution in [1.82, 2.24) is 0 Å². The van der Waals surface area contributed by atoms with Gasteiger partial charge in [0.1, 0.15) is 6.61 Å². The van der Waals surface area contributed by atoms with Crippen molar-refractivity contribution in [3.63, 3.8) is 0 Å². The molecule has 0 radical (unpaired) electrons. The summed E-state index contributed by atoms with van der Waals surface area (Å²) in [6.07, 6.45) is -10.1. The minimum absolute atomic E-state index is 0.0816. The Morgan fingerprint density at radius 3 is 2.00 bits per heavy atom. The first-order valence-corrected chi connectivity index (χ1v) is 6.97. The van der Waals surface area contributed by atoms with Crippen molar-refractivity contribution < 1.29 is 35.9 Å². The number of esters is 1. The number of hydrogen-bond acceptors (Lipinski definition) is 3. The van der Waals surface area contributed by atoms with Crippen molar-refractivity contribution in [3.05, 3.63) is 70.3 Å². The smallest absolute Gasteiger partial charge is 0.416 e. The summed E-state index contributed by atoms with van der Waals surface area (Å²) in [6, 6.07) is 8.27. The zero-order valence-electron chi connectivity index (χ0n) is 12.8. The van der Waals surface area contributed by atoms with E-state index in [9.17, 15) is 31.1 Å². The zero-order valence-corrected chi connectivity index (χ0v) is 12.8. The van der Waals surface area contributed by atoms with Crippen LogP contribution in [0.4, 0.5) is 26.3 Å². The first kappa shape index (κ1) is 19.3. The normalized spacial score (nSPS) is 11.7. The van der Waals surface area contributed by atoms with Crippen LogP contribution in [0.3, 0.4) is 0 Å². The quantitative estimate of drug-likeness (QED) is 0.565. The molecule has 2 aromatic rings. The molecule has 9 heteroatoms. The lowest BCUT2D eigenvalue weighted by molar-refractivity contribution is -0.143. The Morgan fingerprint density at radius 1 is 0.962 bits per heavy atom. The lowest BCUT2D eigenvalue weighted by atomic mass is 10.0. The van der Waals surface area contributed by atoms with Crippen molar-refractivity contribution in [2.45, 2.75) is 19.0 Å². The number of rotatable bonds is 3. The average Bonchev–Trinajstić information content (AvgIpc) is 2.58. The van der Waals surface area contributed by atoms with Gasteiger partial charge in [0.2, 0.25) is 0 Å². The average molecular weight is 373 g/mol. The Bertz CT molecular complexity index is 833. The van der Waals surface area contributed by atoms with Crippen LogP contribution in [0.5, 0.6) is 0 Å². The van der Waals surface area contributed by atoms with Crippen LogP contribution in [0.25, 0.3) is 0 Å². The molecule has 0 amide bonds. The van der Waals surface area contributed by atoms with Gasteiger partial charge in [0, 0.05) is 5.56 Å². The van der Waals surface area contributed by atoms with Crippen molar-refractivity contribution in [3.8, 4) is 6.07 Å². The van der Waals surface area contributed by atoms with Gasteiger partial charge in [0.25, 0.3) is 0 Å². The Kier molecular flexibility index (Phi) is 5.25. The topological polar surface area (TPSA) is 50.1 Å². The molecule has 0 bridgehead atoms. The molecule has 0 fully saturated rings. The Balaban J connectivity index is 2.32. The van der Waals surface area contributed by atoms with Gasteiger partial charge in [-0.05, 0) is 24.3 Å². The SMILES string of the molecule is N#Cc1ccccc1COC(=O)c1cc(C(F)(F)F)cc(C(F)(F)F)c1. The van der Waals surface area contributed by atoms with E-state index in [2.05, 4.69) is 0 Å². The van der Waals surface area contributed by atoms with E-state index < -0.39 is 41.6 Å². The highest BCUT2D eigenvalue weighted by Crippen LogP contribution is 2.36. The third-order valence-corrected chi connectivity index (χ3v) is 3.32. The largest absolute Gasteiger partial charge is 0.457 e. The van der Waals surface area contributed by atoms with Crippen LogP contribution in [0.2, 0.25) is 0 Å². The van der Waals surface area contributed by atoms with Crippen molar-refractivity contribution in [2.75, 3.05) is 0 Å². The maximum absolute atomic E-state index is 12.8. The van der Waals surface area contributed by atoms with Crippen LogP contribution >= 0.6 is 0 Å². The van der Waals surface area contributed by atoms with E-state index in [-0.39, 0.29) is 29.3 Å². The molecule has 0 aliphatic rings. The summed E-state index contributed by atoms with van der Waals surface area (Å²) in [5.41, 5.74) is -3.68. The Labute approximate surface area is 143 Å². The van der Waals surface area contributed by atoms with Gasteiger partial charge in [-0.15, -0.1) is 0 Å². The summed E-state index contributed by atoms with van der Waals surface area (Å²) in [6.45, 7) is -0.472. The summed E-state index contributed by atoms with van der Waals surface area (Å²) in [7, 11) is 0. The summed E-state index contributed by atoms with van der Waals surface area (Å²) in [5.74, 6) is -1.37. The van der Waals surface area contributed by atoms with Gasteiger partial charge >= 0.3 is 18.3 Å². The molecule has 0 spiro atoms. The number of carbonyl (C=O) groups excluding carboxylic acids is 1. The number of nitriles is 1. The molecule has 0 aromatic heterocycles. The summed E-state index contributed by atoms with van der Waals surface area (Å²) >= 11 is 0. The fourth-order valence-corrected chi connectivity index (χ4v) is 2.05. The van der Waals surface area contributed by atoms with Gasteiger partial charge in [0.05, 0.1) is 28.3 Å². The molecule has 0 aliphatic carbocycles. The van der Waals surface area contributed by atoms with E-state index in [1.807, 2.05) is 6.07 Å². The van der Waals surface area contributed by atoms with Crippen LogP contribution in [0.15, 0.2) is 42.5 Å². The summed E-state index contributed by atoms with van der Waals surface area (Å²) < 4.78 is 81.5. The second kappa shape index (κ2) is 7.07. The van der Waals surface area contributed by atoms with Gasteiger partial charge in [-0.1, -0.05) is 18.2 Å². The predicted octanol–water partition coefficient (Wildman–Crippen LogP) is 4.95. The molecule has 3 nitrogen and oxygen atoms in total. The van der Waals surface area contributed by atoms with Crippen molar-refractivity contribution in [2.24, 2.45) is 0 Å². The minimum atomic E-state index is -5.07. The van der Waals surface area contributed by atoms with E-state index in [4.69, 9.17) is 10.00 Å². The third kappa shape index (κ3) is 4.53. The van der Waals surface area contributed by atoms with Crippen molar-refractivity contribution in [1.29, 1.82) is 5.26 Å². The van der Waals surface area contributed by atoms with Crippen LogP contribution in [0.1, 0.15) is 32.6 Å². The Morgan fingerprint density at radius 2 is 1.50 bits per heavy atom. The molecule has 0 saturated carbocycles. The second-order valence-electron chi connectivity index (χ2n) is 5.14. The number of alkyl halides is 6. The number of halogens is 6. The lowest BCUT2D eigenvalue weighted by Crippen LogP contribution is -2.14. The van der Waals surface area contributed by atoms with Crippen LogP contribution in [-0.2, 0) is 23.7 Å². The van der Waals surface area contributed by atoms with Gasteiger partial charge in [-0.3, -0.25) is 0 Å². The van der Waals surface area contributed by atoms with E-state index in [1.54, 1.807) is 6.07 Å². The van der Waals surface area contributed by atoms with Crippen LogP contribution in [0, 0.1) is 11.3 Å². The van der Waals surface area contributed by atoms with E-state index in [0.29, 0.717) is 0 Å². The van der Waals surface area contributed by atoms with E-state index >= 15 is 0 Å². The Hall–Kier alpha value is -3.02. The molecule has 136 valence electrons. The number of nitrogens with zero attached hydrogens (tertiary/aromatic N) is 1. The highest BCUT2D eigenvalue weighted by Gasteiger charge is 2.37. The molecule has 0 aliphatic heterocycles. The van der Waals surface area contributed by atoms with Gasteiger partial charge in [-0.2, -0.15) is 31.6 Å². The molecular weight excluding hydrogens is 364 g/mol. The third-order valence-electron chi connectivity index (χ3n) is 3.32. The number of carbonyl (C=O) groups is 1. The van der Waals surface area contributed by atoms with Gasteiger partial charge in [0.15, 0.2) is 0 Å². The predicted molar refractivity (Wildman–Crippen MR) is 76.7 cm³/mol. The monoisotopic (exact) mass is 373 g/mol. The first-order chi connectivity index (χ1) is 12.0. The highest BCUT2D eigenvalue weighted by molar-refractivity contribution is 5.90. The molecule has 0 saturated heterocycles. The molecule has 2 aromatic carbocycles. The van der Waals surface area contributed by atoms with Crippen molar-refractivity contribution >= 4 is 5.97 Å². The minimum Gasteiger partial charge on any atom is -0.457 e. The molecule has 0 unspecified atom stereocenters. The lowest BCUT2D eigenvalue weighted by Gasteiger charge is -2.14. The first-order valence-electron chi connectivity index (χ1n) is 6.97. The number of hydrogen-bond donors (Lipinski definition) is 0. The van der Waals surface area contributed by atoms with Crippen LogP contribution < -0.4 is 0 Å². The number of benzene rings is 2. The van der Waals surface area contributed by atoms with Crippen LogP contribution in [-0.4, -0.2) is 5.97 Å². The maximum atomic E-state index is 12.8. The number of ether oxygens (including phenoxy) is 1. The molecule has 0 heterocycles. The maximum Gasteiger partial charge on any atom is 0.416 e. The zero-order chi connectivity index (χ0) is 19.5. The molecule has 0 N–H and O–H groups in total. The van der Waals surface area contributed by atoms with E-state index in [0.717, 1.165) is 0 Å².